The lowest BCUT2D eigenvalue weighted by Gasteiger charge is -2.37. The normalized spacial score (nSPS) is 21.1. The molecule has 2 rings (SSSR count). The molecule has 1 aliphatic heterocycles. The summed E-state index contributed by atoms with van der Waals surface area (Å²) in [5.74, 6) is 0. The van der Waals surface area contributed by atoms with Gasteiger partial charge in [-0.05, 0) is 20.8 Å². The Morgan fingerprint density at radius 3 is 2.78 bits per heavy atom. The van der Waals surface area contributed by atoms with E-state index < -0.39 is 10.0 Å². The first-order chi connectivity index (χ1) is 8.35. The van der Waals surface area contributed by atoms with Gasteiger partial charge < -0.3 is 9.88 Å². The lowest BCUT2D eigenvalue weighted by molar-refractivity contribution is 0.233. The number of piperazine rings is 1. The Morgan fingerprint density at radius 2 is 2.22 bits per heavy atom. The average molecular weight is 272 g/mol. The molecule has 1 aromatic heterocycles. The van der Waals surface area contributed by atoms with Gasteiger partial charge in [-0.25, -0.2) is 13.4 Å². The van der Waals surface area contributed by atoms with E-state index in [4.69, 9.17) is 0 Å². The summed E-state index contributed by atoms with van der Waals surface area (Å²) in [5, 5.41) is 3.44. The summed E-state index contributed by atoms with van der Waals surface area (Å²) in [6, 6.07) is 0. The van der Waals surface area contributed by atoms with E-state index in [1.54, 1.807) is 17.1 Å². The van der Waals surface area contributed by atoms with Crippen molar-refractivity contribution in [3.63, 3.8) is 0 Å². The van der Waals surface area contributed by atoms with Crippen molar-refractivity contribution >= 4 is 10.0 Å². The van der Waals surface area contributed by atoms with Crippen LogP contribution < -0.4 is 5.32 Å². The number of hydrogen-bond acceptors (Lipinski definition) is 4. The van der Waals surface area contributed by atoms with Gasteiger partial charge in [-0.2, -0.15) is 4.31 Å². The summed E-state index contributed by atoms with van der Waals surface area (Å²) in [4.78, 5) is 3.99. The Balaban J connectivity index is 2.25. The Hall–Kier alpha value is -0.920. The van der Waals surface area contributed by atoms with Crippen LogP contribution in [-0.2, 0) is 16.6 Å². The van der Waals surface area contributed by atoms with E-state index in [1.165, 1.54) is 4.31 Å². The van der Waals surface area contributed by atoms with Crippen molar-refractivity contribution in [2.24, 2.45) is 0 Å². The summed E-state index contributed by atoms with van der Waals surface area (Å²) in [6.07, 6.45) is 3.14. The summed E-state index contributed by atoms with van der Waals surface area (Å²) in [6.45, 7) is 8.29. The van der Waals surface area contributed by atoms with Gasteiger partial charge in [-0.1, -0.05) is 0 Å². The SMILES string of the molecule is CCn1cnc(S(=O)(=O)N2CCNC(C)(C)C2)c1. The van der Waals surface area contributed by atoms with Crippen LogP contribution >= 0.6 is 0 Å². The van der Waals surface area contributed by atoms with E-state index >= 15 is 0 Å². The third-order valence-electron chi connectivity index (χ3n) is 3.12. The van der Waals surface area contributed by atoms with Gasteiger partial charge in [0.05, 0.1) is 6.33 Å². The van der Waals surface area contributed by atoms with E-state index in [2.05, 4.69) is 10.3 Å². The Morgan fingerprint density at radius 1 is 1.50 bits per heavy atom. The summed E-state index contributed by atoms with van der Waals surface area (Å²) >= 11 is 0. The average Bonchev–Trinajstić information content (AvgIpc) is 2.76. The minimum atomic E-state index is -3.46. The second kappa shape index (κ2) is 4.64. The summed E-state index contributed by atoms with van der Waals surface area (Å²) < 4.78 is 28.1. The number of sulfonamides is 1. The van der Waals surface area contributed by atoms with E-state index in [0.717, 1.165) is 6.54 Å². The maximum Gasteiger partial charge on any atom is 0.262 e. The number of imidazole rings is 1. The third kappa shape index (κ3) is 2.57. The zero-order valence-electron chi connectivity index (χ0n) is 11.0. The first-order valence-corrected chi connectivity index (χ1v) is 7.56. The minimum absolute atomic E-state index is 0.141. The van der Waals surface area contributed by atoms with Gasteiger partial charge in [0, 0.05) is 37.9 Å². The van der Waals surface area contributed by atoms with Gasteiger partial charge in [0.25, 0.3) is 10.0 Å². The highest BCUT2D eigenvalue weighted by Crippen LogP contribution is 2.19. The van der Waals surface area contributed by atoms with Gasteiger partial charge >= 0.3 is 0 Å². The summed E-state index contributed by atoms with van der Waals surface area (Å²) in [7, 11) is -3.46. The molecule has 1 N–H and O–H groups in total. The number of nitrogens with zero attached hydrogens (tertiary/aromatic N) is 3. The third-order valence-corrected chi connectivity index (χ3v) is 4.85. The maximum absolute atomic E-state index is 12.4. The van der Waals surface area contributed by atoms with Crippen LogP contribution in [0.3, 0.4) is 0 Å². The molecule has 18 heavy (non-hydrogen) atoms. The van der Waals surface area contributed by atoms with Crippen LogP contribution in [-0.4, -0.2) is 47.4 Å². The van der Waals surface area contributed by atoms with Crippen molar-refractivity contribution in [3.05, 3.63) is 12.5 Å². The van der Waals surface area contributed by atoms with Crippen molar-refractivity contribution in [2.75, 3.05) is 19.6 Å². The number of hydrogen-bond donors (Lipinski definition) is 1. The first-order valence-electron chi connectivity index (χ1n) is 6.12. The second-order valence-electron chi connectivity index (χ2n) is 5.19. The van der Waals surface area contributed by atoms with Crippen molar-refractivity contribution in [3.8, 4) is 0 Å². The van der Waals surface area contributed by atoms with Crippen molar-refractivity contribution in [1.29, 1.82) is 0 Å². The van der Waals surface area contributed by atoms with Crippen LogP contribution in [0.25, 0.3) is 0 Å². The molecule has 7 heteroatoms. The highest BCUT2D eigenvalue weighted by atomic mass is 32.2. The fourth-order valence-electron chi connectivity index (χ4n) is 2.08. The molecule has 1 fully saturated rings. The highest BCUT2D eigenvalue weighted by Gasteiger charge is 2.34. The molecule has 0 atom stereocenters. The Labute approximate surface area is 108 Å². The number of nitrogens with one attached hydrogen (secondary N) is 1. The Kier molecular flexibility index (Phi) is 3.48. The second-order valence-corrected chi connectivity index (χ2v) is 7.08. The van der Waals surface area contributed by atoms with E-state index in [1.807, 2.05) is 20.8 Å². The van der Waals surface area contributed by atoms with Crippen molar-refractivity contribution in [1.82, 2.24) is 19.2 Å². The van der Waals surface area contributed by atoms with Crippen molar-refractivity contribution in [2.45, 2.75) is 37.9 Å². The van der Waals surface area contributed by atoms with Gasteiger partial charge in [-0.3, -0.25) is 0 Å². The molecule has 6 nitrogen and oxygen atoms in total. The van der Waals surface area contributed by atoms with E-state index in [9.17, 15) is 8.42 Å². The number of rotatable bonds is 3. The predicted octanol–water partition coefficient (Wildman–Crippen LogP) is 0.275. The topological polar surface area (TPSA) is 67.2 Å². The number of aromatic nitrogens is 2. The molecule has 1 aromatic rings. The number of aryl methyl sites for hydroxylation is 1. The zero-order valence-corrected chi connectivity index (χ0v) is 11.9. The van der Waals surface area contributed by atoms with Crippen LogP contribution in [0, 0.1) is 0 Å². The largest absolute Gasteiger partial charge is 0.336 e. The van der Waals surface area contributed by atoms with Crippen LogP contribution in [0.15, 0.2) is 17.6 Å². The van der Waals surface area contributed by atoms with Crippen LogP contribution in [0.2, 0.25) is 0 Å². The lowest BCUT2D eigenvalue weighted by atomic mass is 10.0. The molecule has 1 saturated heterocycles. The molecule has 0 bridgehead atoms. The summed E-state index contributed by atoms with van der Waals surface area (Å²) in [5.41, 5.74) is -0.196. The smallest absolute Gasteiger partial charge is 0.262 e. The molecule has 0 amide bonds. The van der Waals surface area contributed by atoms with Crippen LogP contribution in [0.1, 0.15) is 20.8 Å². The lowest BCUT2D eigenvalue weighted by Crippen LogP contribution is -2.58. The van der Waals surface area contributed by atoms with Crippen molar-refractivity contribution < 1.29 is 8.42 Å². The molecule has 2 heterocycles. The van der Waals surface area contributed by atoms with Crippen LogP contribution in [0.4, 0.5) is 0 Å². The molecule has 1 aliphatic rings. The van der Waals surface area contributed by atoms with Gasteiger partial charge in [-0.15, -0.1) is 0 Å². The minimum Gasteiger partial charge on any atom is -0.336 e. The van der Waals surface area contributed by atoms with Crippen LogP contribution in [0.5, 0.6) is 0 Å². The Bertz CT molecular complexity index is 521. The fraction of sp³-hybridized carbons (Fsp3) is 0.727. The molecule has 0 radical (unpaired) electrons. The van der Waals surface area contributed by atoms with E-state index in [0.29, 0.717) is 19.6 Å². The predicted molar refractivity (Wildman–Crippen MR) is 68.7 cm³/mol. The maximum atomic E-state index is 12.4. The molecule has 0 saturated carbocycles. The monoisotopic (exact) mass is 272 g/mol. The molecule has 0 unspecified atom stereocenters. The molecular formula is C11H20N4O2S. The first kappa shape index (κ1) is 13.5. The quantitative estimate of drug-likeness (QED) is 0.858. The molecule has 102 valence electrons. The standard InChI is InChI=1S/C11H20N4O2S/c1-4-14-7-10(12-9-14)18(16,17)15-6-5-13-11(2,3)8-15/h7,9,13H,4-6,8H2,1-3H3. The zero-order chi connectivity index (χ0) is 13.4. The fourth-order valence-corrected chi connectivity index (χ4v) is 3.62. The molecule has 0 aliphatic carbocycles. The molecule has 0 aromatic carbocycles. The van der Waals surface area contributed by atoms with E-state index in [-0.39, 0.29) is 10.6 Å². The van der Waals surface area contributed by atoms with Gasteiger partial charge in [0.1, 0.15) is 0 Å². The highest BCUT2D eigenvalue weighted by molar-refractivity contribution is 7.89. The molecule has 0 spiro atoms. The van der Waals surface area contributed by atoms with Gasteiger partial charge in [0.15, 0.2) is 5.03 Å². The molecular weight excluding hydrogens is 252 g/mol. The van der Waals surface area contributed by atoms with Gasteiger partial charge in [0.2, 0.25) is 0 Å².